The van der Waals surface area contributed by atoms with Gasteiger partial charge in [0.1, 0.15) is 18.0 Å². The van der Waals surface area contributed by atoms with E-state index in [1.165, 1.54) is 12.1 Å². The third-order valence-corrected chi connectivity index (χ3v) is 17.3. The van der Waals surface area contributed by atoms with Crippen LogP contribution in [0.3, 0.4) is 0 Å². The van der Waals surface area contributed by atoms with Crippen LogP contribution in [-0.2, 0) is 25.7 Å². The zero-order valence-electron chi connectivity index (χ0n) is 37.5. The highest BCUT2D eigenvalue weighted by Crippen LogP contribution is 2.77. The number of aliphatic hydroxyl groups is 1. The standard InChI is InChI=1S/C48H69FN4O6/c1-28(2)37-32(54)26-48(39(56)41-51-50-40(53(41)25-24-52(10)11)29-12-14-30(49)15-13-29)23-22-46(8)31(38(37)48)16-17-34-45(7)20-19-35(59-36(55)27-43(3,4)42(57)58)44(5,6)33(45)18-21-47(34,46)9/h12-15,28,31,33-35,39,56H,16-27H2,1-11H3,(H,57,58)/t31-,33+,34-,35+,39-,45+,46-,47-,48-/m1/s1. The number of Topliss-reactive ketones (excluding diaryl/α,β-unsaturated/α-hetero) is 1. The first-order valence-corrected chi connectivity index (χ1v) is 22.2. The maximum Gasteiger partial charge on any atom is 0.309 e. The Hall–Kier alpha value is -3.44. The molecule has 1 aromatic carbocycles. The Balaban J connectivity index is 1.23. The number of esters is 1. The van der Waals surface area contributed by atoms with Crippen LogP contribution in [0.1, 0.15) is 138 Å². The molecule has 5 aliphatic carbocycles. The van der Waals surface area contributed by atoms with Crippen molar-refractivity contribution in [1.29, 1.82) is 0 Å². The number of benzene rings is 1. The molecule has 0 aliphatic heterocycles. The van der Waals surface area contributed by atoms with Gasteiger partial charge in [-0.05, 0) is 155 Å². The summed E-state index contributed by atoms with van der Waals surface area (Å²) in [5.41, 5.74) is 0.345. The molecule has 1 aromatic heterocycles. The smallest absolute Gasteiger partial charge is 0.309 e. The number of allylic oxidation sites excluding steroid dienone is 1. The Labute approximate surface area is 350 Å². The third kappa shape index (κ3) is 6.74. The van der Waals surface area contributed by atoms with Gasteiger partial charge in [-0.1, -0.05) is 48.5 Å². The molecule has 324 valence electrons. The molecule has 0 spiro atoms. The van der Waals surface area contributed by atoms with E-state index in [0.29, 0.717) is 43.0 Å². The average Bonchev–Trinajstić information content (AvgIpc) is 3.70. The number of carbonyl (C=O) groups excluding carboxylic acids is 2. The summed E-state index contributed by atoms with van der Waals surface area (Å²) in [6, 6.07) is 6.23. The van der Waals surface area contributed by atoms with E-state index in [1.807, 2.05) is 18.7 Å². The van der Waals surface area contributed by atoms with Crippen LogP contribution in [-0.4, -0.2) is 74.3 Å². The molecule has 0 bridgehead atoms. The van der Waals surface area contributed by atoms with E-state index in [1.54, 1.807) is 26.0 Å². The Bertz CT molecular complexity index is 2020. The number of likely N-dealkylation sites (N-methyl/N-ethyl adjacent to an activating group) is 1. The van der Waals surface area contributed by atoms with E-state index < -0.39 is 28.9 Å². The van der Waals surface area contributed by atoms with E-state index in [9.17, 15) is 29.0 Å². The molecule has 1 heterocycles. The SMILES string of the molecule is CC(C)C1=C2[C@H]3CC[C@@H]4[C@@]5(C)CC[C@H](OC(=O)CC(C)(C)C(=O)O)C(C)(C)[C@@H]5CC[C@@]4(C)[C@]3(C)CC[C@@]2([C@H](O)c2nnc(-c3ccc(F)cc3)n2CCN(C)C)CC1=O. The molecule has 59 heavy (non-hydrogen) atoms. The lowest BCUT2D eigenvalue weighted by Crippen LogP contribution is -2.66. The molecule has 10 nitrogen and oxygen atoms in total. The summed E-state index contributed by atoms with van der Waals surface area (Å²) < 4.78 is 22.2. The van der Waals surface area contributed by atoms with Crippen LogP contribution >= 0.6 is 0 Å². The largest absolute Gasteiger partial charge is 0.481 e. The number of halogens is 1. The predicted octanol–water partition coefficient (Wildman–Crippen LogP) is 9.07. The summed E-state index contributed by atoms with van der Waals surface area (Å²) in [5.74, 6) is 0.260. The predicted molar refractivity (Wildman–Crippen MR) is 224 cm³/mol. The van der Waals surface area contributed by atoms with E-state index in [-0.39, 0.29) is 64.0 Å². The minimum absolute atomic E-state index is 0.00212. The maximum absolute atomic E-state index is 14.4. The summed E-state index contributed by atoms with van der Waals surface area (Å²) >= 11 is 0. The Morgan fingerprint density at radius 1 is 0.949 bits per heavy atom. The quantitative estimate of drug-likeness (QED) is 0.213. The Kier molecular flexibility index (Phi) is 11.0. The number of aliphatic carboxylic acids is 1. The number of hydrogen-bond acceptors (Lipinski definition) is 8. The second-order valence-corrected chi connectivity index (χ2v) is 21.8. The molecule has 7 rings (SSSR count). The number of aromatic nitrogens is 3. The number of ether oxygens (including phenoxy) is 1. The summed E-state index contributed by atoms with van der Waals surface area (Å²) in [7, 11) is 4.00. The van der Waals surface area contributed by atoms with Gasteiger partial charge in [0, 0.05) is 35.9 Å². The van der Waals surface area contributed by atoms with Crippen molar-refractivity contribution in [3.63, 3.8) is 0 Å². The van der Waals surface area contributed by atoms with Crippen LogP contribution in [0, 0.1) is 62.0 Å². The molecule has 0 unspecified atom stereocenters. The third-order valence-electron chi connectivity index (χ3n) is 17.3. The average molecular weight is 817 g/mol. The van der Waals surface area contributed by atoms with E-state index in [2.05, 4.69) is 58.5 Å². The first-order chi connectivity index (χ1) is 27.4. The second-order valence-electron chi connectivity index (χ2n) is 21.8. The van der Waals surface area contributed by atoms with Crippen molar-refractivity contribution in [3.8, 4) is 11.4 Å². The van der Waals surface area contributed by atoms with Crippen LogP contribution in [0.15, 0.2) is 35.4 Å². The fourth-order valence-corrected chi connectivity index (χ4v) is 13.9. The summed E-state index contributed by atoms with van der Waals surface area (Å²) in [4.78, 5) is 41.5. The monoisotopic (exact) mass is 817 g/mol. The minimum atomic E-state index is -1.19. The van der Waals surface area contributed by atoms with Crippen molar-refractivity contribution in [3.05, 3.63) is 47.1 Å². The van der Waals surface area contributed by atoms with Crippen molar-refractivity contribution in [2.75, 3.05) is 20.6 Å². The van der Waals surface area contributed by atoms with E-state index in [0.717, 1.165) is 61.7 Å². The molecule has 0 radical (unpaired) electrons. The zero-order valence-corrected chi connectivity index (χ0v) is 37.5. The van der Waals surface area contributed by atoms with Gasteiger partial charge in [-0.3, -0.25) is 14.4 Å². The molecular weight excluding hydrogens is 748 g/mol. The zero-order chi connectivity index (χ0) is 43.2. The summed E-state index contributed by atoms with van der Waals surface area (Å²) in [6.07, 6.45) is 5.96. The van der Waals surface area contributed by atoms with Gasteiger partial charge in [-0.25, -0.2) is 4.39 Å². The van der Waals surface area contributed by atoms with Crippen molar-refractivity contribution in [1.82, 2.24) is 19.7 Å². The van der Waals surface area contributed by atoms with Crippen LogP contribution in [0.2, 0.25) is 0 Å². The molecule has 5 aliphatic rings. The lowest BCUT2D eigenvalue weighted by molar-refractivity contribution is -0.235. The van der Waals surface area contributed by atoms with Gasteiger partial charge in [0.05, 0.1) is 11.8 Å². The first kappa shape index (κ1) is 43.6. The highest BCUT2D eigenvalue weighted by Gasteiger charge is 2.71. The lowest BCUT2D eigenvalue weighted by atomic mass is 9.33. The van der Waals surface area contributed by atoms with Crippen LogP contribution in [0.4, 0.5) is 4.39 Å². The van der Waals surface area contributed by atoms with Gasteiger partial charge in [-0.2, -0.15) is 0 Å². The number of fused-ring (bicyclic) bond motifs is 7. The number of ketones is 1. The first-order valence-electron chi connectivity index (χ1n) is 22.2. The lowest BCUT2D eigenvalue weighted by Gasteiger charge is -2.72. The number of aliphatic hydroxyl groups excluding tert-OH is 1. The van der Waals surface area contributed by atoms with Crippen LogP contribution in [0.25, 0.3) is 11.4 Å². The molecule has 0 saturated heterocycles. The fourth-order valence-electron chi connectivity index (χ4n) is 13.9. The normalized spacial score (nSPS) is 34.6. The molecule has 4 fully saturated rings. The van der Waals surface area contributed by atoms with Crippen LogP contribution < -0.4 is 0 Å². The number of carbonyl (C=O) groups is 3. The van der Waals surface area contributed by atoms with Gasteiger partial charge in [0.15, 0.2) is 17.4 Å². The molecule has 9 atom stereocenters. The minimum Gasteiger partial charge on any atom is -0.481 e. The fraction of sp³-hybridized carbons (Fsp3) is 0.729. The van der Waals surface area contributed by atoms with Gasteiger partial charge >= 0.3 is 11.9 Å². The van der Waals surface area contributed by atoms with Crippen molar-refractivity contribution in [2.24, 2.45) is 56.2 Å². The van der Waals surface area contributed by atoms with Gasteiger partial charge in [0.2, 0.25) is 0 Å². The van der Waals surface area contributed by atoms with Gasteiger partial charge in [-0.15, -0.1) is 10.2 Å². The molecule has 2 N–H and O–H groups in total. The number of rotatable bonds is 11. The molecule has 2 aromatic rings. The summed E-state index contributed by atoms with van der Waals surface area (Å²) in [6.45, 7) is 20.6. The van der Waals surface area contributed by atoms with E-state index in [4.69, 9.17) is 9.84 Å². The van der Waals surface area contributed by atoms with Gasteiger partial charge in [0.25, 0.3) is 0 Å². The molecular formula is C48H69FN4O6. The number of hydrogen-bond donors (Lipinski definition) is 2. The van der Waals surface area contributed by atoms with Gasteiger partial charge < -0.3 is 24.4 Å². The Morgan fingerprint density at radius 3 is 2.25 bits per heavy atom. The Morgan fingerprint density at radius 2 is 1.63 bits per heavy atom. The van der Waals surface area contributed by atoms with Crippen molar-refractivity contribution < 1.29 is 33.7 Å². The highest BCUT2D eigenvalue weighted by molar-refractivity contribution is 6.00. The number of carboxylic acids is 1. The maximum atomic E-state index is 14.4. The summed E-state index contributed by atoms with van der Waals surface area (Å²) in [5, 5.41) is 31.9. The van der Waals surface area contributed by atoms with Crippen molar-refractivity contribution in [2.45, 2.75) is 145 Å². The van der Waals surface area contributed by atoms with Crippen LogP contribution in [0.5, 0.6) is 0 Å². The van der Waals surface area contributed by atoms with Crippen molar-refractivity contribution >= 4 is 17.7 Å². The number of nitrogens with zero attached hydrogens (tertiary/aromatic N) is 4. The molecule has 11 heteroatoms. The highest BCUT2D eigenvalue weighted by atomic mass is 19.1. The number of carboxylic acid groups (broad SMARTS) is 1. The molecule has 0 amide bonds. The molecule has 4 saturated carbocycles. The van der Waals surface area contributed by atoms with E-state index >= 15 is 0 Å². The topological polar surface area (TPSA) is 135 Å². The second kappa shape index (κ2) is 14.9.